The van der Waals surface area contributed by atoms with Gasteiger partial charge in [-0.1, -0.05) is 84.0 Å². The fourth-order valence-corrected chi connectivity index (χ4v) is 3.91. The Morgan fingerprint density at radius 3 is 1.37 bits per heavy atom. The largest absolute Gasteiger partial charge is 0.544 e. The predicted molar refractivity (Wildman–Crippen MR) is 109 cm³/mol. The number of aliphatic carboxylic acids is 1. The second kappa shape index (κ2) is 18.7. The number of quaternary nitrogens is 1. The number of carbonyl (C=O) groups is 1. The van der Waals surface area contributed by atoms with Gasteiger partial charge in [0, 0.05) is 0 Å². The van der Waals surface area contributed by atoms with E-state index >= 15 is 0 Å². The molecule has 2 N–H and O–H groups in total. The summed E-state index contributed by atoms with van der Waals surface area (Å²) in [7, 11) is 0. The predicted octanol–water partition coefficient (Wildman–Crippen LogP) is 3.02. The van der Waals surface area contributed by atoms with Gasteiger partial charge in [-0.05, 0) is 12.8 Å². The number of carboxylic acids is 1. The van der Waals surface area contributed by atoms with Gasteiger partial charge in [0.15, 0.2) is 0 Å². The maximum absolute atomic E-state index is 11.0. The molecule has 0 aromatic carbocycles. The average molecular weight is 388 g/mol. The summed E-state index contributed by atoms with van der Waals surface area (Å²) < 4.78 is 0.230. The van der Waals surface area contributed by atoms with Crippen LogP contribution in [0.15, 0.2) is 0 Å². The van der Waals surface area contributed by atoms with E-state index in [4.69, 9.17) is 0 Å². The van der Waals surface area contributed by atoms with E-state index in [0.717, 1.165) is 12.8 Å². The number of unbranched alkanes of at least 4 members (excludes halogenated alkanes) is 13. The topological polar surface area (TPSA) is 80.6 Å². The van der Waals surface area contributed by atoms with Gasteiger partial charge in [-0.2, -0.15) is 0 Å². The molecule has 5 heteroatoms. The summed E-state index contributed by atoms with van der Waals surface area (Å²) in [6.07, 6.45) is 18.1. The second-order valence-corrected chi connectivity index (χ2v) is 8.09. The molecule has 0 saturated carbocycles. The lowest BCUT2D eigenvalue weighted by atomic mass is 10.0. The third-order valence-corrected chi connectivity index (χ3v) is 5.60. The Morgan fingerprint density at radius 2 is 1.04 bits per heavy atom. The molecule has 0 aromatic heterocycles. The van der Waals surface area contributed by atoms with E-state index in [2.05, 4.69) is 6.92 Å². The molecule has 0 spiro atoms. The van der Waals surface area contributed by atoms with Crippen LogP contribution in [0.1, 0.15) is 96.8 Å². The van der Waals surface area contributed by atoms with Crippen LogP contribution in [0.5, 0.6) is 0 Å². The Balaban J connectivity index is 3.65. The van der Waals surface area contributed by atoms with Gasteiger partial charge in [-0.25, -0.2) is 0 Å². The SMILES string of the molecule is CCCCCCCCCCCCCCCC[N+](CCO)(CCO)CC(=O)[O-]. The maximum Gasteiger partial charge on any atom is 0.119 e. The van der Waals surface area contributed by atoms with Gasteiger partial charge in [-0.3, -0.25) is 0 Å². The molecule has 0 rings (SSSR count). The first-order chi connectivity index (χ1) is 13.1. The molecule has 5 nitrogen and oxygen atoms in total. The Morgan fingerprint density at radius 1 is 0.667 bits per heavy atom. The highest BCUT2D eigenvalue weighted by Crippen LogP contribution is 2.14. The van der Waals surface area contributed by atoms with Gasteiger partial charge in [-0.15, -0.1) is 0 Å². The number of rotatable bonds is 21. The van der Waals surface area contributed by atoms with Crippen LogP contribution in [-0.4, -0.2) is 60.1 Å². The van der Waals surface area contributed by atoms with Crippen LogP contribution >= 0.6 is 0 Å². The monoisotopic (exact) mass is 387 g/mol. The number of aliphatic hydroxyl groups excluding tert-OH is 2. The first kappa shape index (κ1) is 26.4. The van der Waals surface area contributed by atoms with Gasteiger partial charge in [0.05, 0.1) is 25.7 Å². The van der Waals surface area contributed by atoms with Crippen molar-refractivity contribution in [3.8, 4) is 0 Å². The Hall–Kier alpha value is -0.650. The molecule has 0 fully saturated rings. The maximum atomic E-state index is 11.0. The molecule has 0 heterocycles. The summed E-state index contributed by atoms with van der Waals surface area (Å²) in [6, 6.07) is 0. The van der Waals surface area contributed by atoms with Gasteiger partial charge < -0.3 is 24.6 Å². The van der Waals surface area contributed by atoms with Crippen molar-refractivity contribution in [2.24, 2.45) is 0 Å². The quantitative estimate of drug-likeness (QED) is 0.234. The summed E-state index contributed by atoms with van der Waals surface area (Å²) in [4.78, 5) is 11.0. The van der Waals surface area contributed by atoms with E-state index in [-0.39, 0.29) is 24.2 Å². The Bertz CT molecular complexity index is 330. The molecule has 0 amide bonds. The summed E-state index contributed by atoms with van der Waals surface area (Å²) >= 11 is 0. The Labute approximate surface area is 167 Å². The summed E-state index contributed by atoms with van der Waals surface area (Å²) in [5.74, 6) is -1.11. The van der Waals surface area contributed by atoms with Gasteiger partial charge >= 0.3 is 0 Å². The molecule has 0 atom stereocenters. The molecule has 0 aromatic rings. The third-order valence-electron chi connectivity index (χ3n) is 5.60. The fourth-order valence-electron chi connectivity index (χ4n) is 3.91. The molecule has 0 saturated heterocycles. The van der Waals surface area contributed by atoms with Crippen LogP contribution in [0.4, 0.5) is 0 Å². The lowest BCUT2D eigenvalue weighted by molar-refractivity contribution is -0.923. The normalized spacial score (nSPS) is 11.8. The third kappa shape index (κ3) is 16.0. The fraction of sp³-hybridized carbons (Fsp3) is 0.955. The first-order valence-corrected chi connectivity index (χ1v) is 11.4. The smallest absolute Gasteiger partial charge is 0.119 e. The van der Waals surface area contributed by atoms with Gasteiger partial charge in [0.25, 0.3) is 0 Å². The number of aliphatic hydroxyl groups is 2. The minimum Gasteiger partial charge on any atom is -0.544 e. The number of hydrogen-bond donors (Lipinski definition) is 2. The van der Waals surface area contributed by atoms with Crippen LogP contribution in [-0.2, 0) is 4.79 Å². The van der Waals surface area contributed by atoms with Crippen molar-refractivity contribution in [2.45, 2.75) is 96.8 Å². The summed E-state index contributed by atoms with van der Waals surface area (Å²) in [5, 5.41) is 29.5. The standard InChI is InChI=1S/C22H45NO4/c1-2-3-4-5-6-7-8-9-10-11-12-13-14-15-16-23(17-19-24,18-20-25)21-22(26)27/h24-25H,2-21H2,1H3. The van der Waals surface area contributed by atoms with Crippen molar-refractivity contribution in [3.63, 3.8) is 0 Å². The van der Waals surface area contributed by atoms with Gasteiger partial charge in [0.2, 0.25) is 0 Å². The van der Waals surface area contributed by atoms with Gasteiger partial charge in [0.1, 0.15) is 19.6 Å². The van der Waals surface area contributed by atoms with Crippen LogP contribution in [0.2, 0.25) is 0 Å². The van der Waals surface area contributed by atoms with Crippen LogP contribution in [0, 0.1) is 0 Å². The number of carboxylic acid groups (broad SMARTS) is 1. The molecule has 0 radical (unpaired) electrons. The molecule has 162 valence electrons. The van der Waals surface area contributed by atoms with Crippen molar-refractivity contribution < 1.29 is 24.6 Å². The molecule has 0 aliphatic heterocycles. The highest BCUT2D eigenvalue weighted by atomic mass is 16.4. The number of hydrogen-bond acceptors (Lipinski definition) is 4. The van der Waals surface area contributed by atoms with E-state index in [1.165, 1.54) is 77.0 Å². The van der Waals surface area contributed by atoms with E-state index < -0.39 is 5.97 Å². The minimum absolute atomic E-state index is 0.0636. The van der Waals surface area contributed by atoms with Crippen LogP contribution in [0.25, 0.3) is 0 Å². The van der Waals surface area contributed by atoms with Crippen LogP contribution in [0.3, 0.4) is 0 Å². The highest BCUT2D eigenvalue weighted by Gasteiger charge is 2.26. The summed E-state index contributed by atoms with van der Waals surface area (Å²) in [6.45, 7) is 3.43. The zero-order valence-corrected chi connectivity index (χ0v) is 17.8. The molecular formula is C22H45NO4. The highest BCUT2D eigenvalue weighted by molar-refractivity contribution is 5.65. The van der Waals surface area contributed by atoms with Crippen molar-refractivity contribution in [3.05, 3.63) is 0 Å². The van der Waals surface area contributed by atoms with Crippen molar-refractivity contribution >= 4 is 5.97 Å². The lowest BCUT2D eigenvalue weighted by Gasteiger charge is -2.38. The van der Waals surface area contributed by atoms with E-state index in [9.17, 15) is 20.1 Å². The zero-order chi connectivity index (χ0) is 20.2. The van der Waals surface area contributed by atoms with E-state index in [1.807, 2.05) is 0 Å². The minimum atomic E-state index is -1.11. The molecule has 0 unspecified atom stereocenters. The Kier molecular flexibility index (Phi) is 18.3. The first-order valence-electron chi connectivity index (χ1n) is 11.4. The molecule has 27 heavy (non-hydrogen) atoms. The van der Waals surface area contributed by atoms with E-state index in [0.29, 0.717) is 19.6 Å². The van der Waals surface area contributed by atoms with Crippen molar-refractivity contribution in [2.75, 3.05) is 39.4 Å². The zero-order valence-electron chi connectivity index (χ0n) is 17.8. The van der Waals surface area contributed by atoms with Crippen LogP contribution < -0.4 is 5.11 Å². The molecule has 0 aliphatic rings. The summed E-state index contributed by atoms with van der Waals surface area (Å²) in [5.41, 5.74) is 0. The number of nitrogens with zero attached hydrogens (tertiary/aromatic N) is 1. The number of carbonyl (C=O) groups excluding carboxylic acids is 1. The molecule has 0 aliphatic carbocycles. The second-order valence-electron chi connectivity index (χ2n) is 8.09. The van der Waals surface area contributed by atoms with E-state index in [1.54, 1.807) is 0 Å². The lowest BCUT2D eigenvalue weighted by Crippen LogP contribution is -2.57. The average Bonchev–Trinajstić information content (AvgIpc) is 2.62. The van der Waals surface area contributed by atoms with Crippen molar-refractivity contribution in [1.82, 2.24) is 0 Å². The molecular weight excluding hydrogens is 342 g/mol. The molecule has 0 bridgehead atoms. The van der Waals surface area contributed by atoms with Crippen molar-refractivity contribution in [1.29, 1.82) is 0 Å².